The molecular formula is C20H20ClF3N2O4S. The van der Waals surface area contributed by atoms with Crippen molar-refractivity contribution in [3.8, 4) is 5.75 Å². The molecule has 6 nitrogen and oxygen atoms in total. The van der Waals surface area contributed by atoms with Crippen molar-refractivity contribution < 1.29 is 31.1 Å². The Balaban J connectivity index is 2.09. The lowest BCUT2D eigenvalue weighted by molar-refractivity contribution is -0.126. The van der Waals surface area contributed by atoms with Crippen LogP contribution in [0.25, 0.3) is 0 Å². The van der Waals surface area contributed by atoms with Crippen molar-refractivity contribution in [2.75, 3.05) is 13.7 Å². The highest BCUT2D eigenvalue weighted by Gasteiger charge is 2.45. The second kappa shape index (κ2) is 9.05. The zero-order chi connectivity index (χ0) is 22.8. The minimum absolute atomic E-state index is 0.0984. The molecule has 0 spiro atoms. The molecule has 11 heteroatoms. The van der Waals surface area contributed by atoms with Crippen molar-refractivity contribution in [2.24, 2.45) is 0 Å². The first kappa shape index (κ1) is 23.4. The van der Waals surface area contributed by atoms with Gasteiger partial charge in [0.1, 0.15) is 17.6 Å². The number of methoxy groups -OCH3 is 1. The molecule has 168 valence electrons. The molecule has 1 aliphatic rings. The molecule has 1 fully saturated rings. The first-order valence-electron chi connectivity index (χ1n) is 9.29. The van der Waals surface area contributed by atoms with Gasteiger partial charge in [-0.1, -0.05) is 17.7 Å². The molecule has 1 N–H and O–H groups in total. The van der Waals surface area contributed by atoms with Gasteiger partial charge in [0.05, 0.1) is 12.0 Å². The van der Waals surface area contributed by atoms with Crippen LogP contribution in [0.15, 0.2) is 47.4 Å². The molecule has 0 aromatic heterocycles. The molecule has 1 atom stereocenters. The number of hydrogen-bond donors (Lipinski definition) is 1. The van der Waals surface area contributed by atoms with E-state index in [4.69, 9.17) is 16.3 Å². The maximum atomic E-state index is 14.6. The lowest BCUT2D eigenvalue weighted by atomic mass is 10.1. The van der Waals surface area contributed by atoms with Gasteiger partial charge in [-0.05, 0) is 30.3 Å². The Morgan fingerprint density at radius 3 is 2.52 bits per heavy atom. The first-order chi connectivity index (χ1) is 14.5. The largest absolute Gasteiger partial charge is 0.497 e. The predicted octanol–water partition coefficient (Wildman–Crippen LogP) is 3.59. The summed E-state index contributed by atoms with van der Waals surface area (Å²) in [5.41, 5.74) is -0.0984. The van der Waals surface area contributed by atoms with Gasteiger partial charge in [-0.25, -0.2) is 21.6 Å². The van der Waals surface area contributed by atoms with Gasteiger partial charge in [0.2, 0.25) is 15.9 Å². The van der Waals surface area contributed by atoms with Gasteiger partial charge in [0.15, 0.2) is 0 Å². The molecule has 0 unspecified atom stereocenters. The minimum Gasteiger partial charge on any atom is -0.497 e. The number of nitrogens with zero attached hydrogens (tertiary/aromatic N) is 1. The van der Waals surface area contributed by atoms with E-state index in [9.17, 15) is 26.4 Å². The summed E-state index contributed by atoms with van der Waals surface area (Å²) in [5.74, 6) is -4.75. The van der Waals surface area contributed by atoms with Crippen molar-refractivity contribution in [3.05, 3.63) is 58.9 Å². The van der Waals surface area contributed by atoms with E-state index in [1.807, 2.05) is 0 Å². The van der Waals surface area contributed by atoms with Gasteiger partial charge in [-0.3, -0.25) is 4.79 Å². The Morgan fingerprint density at radius 1 is 1.23 bits per heavy atom. The third kappa shape index (κ3) is 5.31. The SMILES string of the molecule is COc1ccc(CN([C@@H]2CC(F)(F)CCNC2=O)S(=O)(=O)c2ccc(Cl)cc2)c(F)c1. The second-order valence-electron chi connectivity index (χ2n) is 7.08. The van der Waals surface area contributed by atoms with E-state index >= 15 is 0 Å². The summed E-state index contributed by atoms with van der Waals surface area (Å²) in [6.45, 7) is -0.928. The molecule has 0 bridgehead atoms. The van der Waals surface area contributed by atoms with Crippen molar-refractivity contribution in [1.82, 2.24) is 9.62 Å². The molecule has 0 radical (unpaired) electrons. The van der Waals surface area contributed by atoms with Crippen molar-refractivity contribution >= 4 is 27.5 Å². The highest BCUT2D eigenvalue weighted by molar-refractivity contribution is 7.89. The van der Waals surface area contributed by atoms with E-state index in [0.29, 0.717) is 4.31 Å². The molecule has 1 heterocycles. The summed E-state index contributed by atoms with van der Waals surface area (Å²) >= 11 is 5.82. The molecule has 2 aromatic carbocycles. The number of nitrogens with one attached hydrogen (secondary N) is 1. The maximum absolute atomic E-state index is 14.6. The molecule has 1 saturated heterocycles. The van der Waals surface area contributed by atoms with E-state index in [2.05, 4.69) is 5.32 Å². The number of carbonyl (C=O) groups excluding carboxylic acids is 1. The van der Waals surface area contributed by atoms with Crippen LogP contribution in [0.3, 0.4) is 0 Å². The molecule has 3 rings (SSSR count). The van der Waals surface area contributed by atoms with Gasteiger partial charge in [0, 0.05) is 42.6 Å². The third-order valence-corrected chi connectivity index (χ3v) is 7.06. The maximum Gasteiger partial charge on any atom is 0.251 e. The van der Waals surface area contributed by atoms with Crippen LogP contribution >= 0.6 is 11.6 Å². The second-order valence-corrected chi connectivity index (χ2v) is 9.41. The first-order valence-corrected chi connectivity index (χ1v) is 11.1. The van der Waals surface area contributed by atoms with Gasteiger partial charge < -0.3 is 10.1 Å². The van der Waals surface area contributed by atoms with Crippen LogP contribution in [-0.4, -0.2) is 44.2 Å². The fourth-order valence-electron chi connectivity index (χ4n) is 3.25. The van der Waals surface area contributed by atoms with Gasteiger partial charge in [-0.2, -0.15) is 4.31 Å². The molecule has 2 aromatic rings. The van der Waals surface area contributed by atoms with Crippen LogP contribution in [-0.2, 0) is 21.4 Å². The van der Waals surface area contributed by atoms with Crippen LogP contribution in [0.5, 0.6) is 5.75 Å². The summed E-state index contributed by atoms with van der Waals surface area (Å²) in [7, 11) is -3.13. The Morgan fingerprint density at radius 2 is 1.90 bits per heavy atom. The predicted molar refractivity (Wildman–Crippen MR) is 108 cm³/mol. The lowest BCUT2D eigenvalue weighted by Gasteiger charge is -2.30. The average molecular weight is 477 g/mol. The van der Waals surface area contributed by atoms with Crippen LogP contribution < -0.4 is 10.1 Å². The molecule has 0 saturated carbocycles. The minimum atomic E-state index is -4.46. The normalized spacial score (nSPS) is 19.0. The topological polar surface area (TPSA) is 75.7 Å². The van der Waals surface area contributed by atoms with Gasteiger partial charge in [-0.15, -0.1) is 0 Å². The number of rotatable bonds is 6. The highest BCUT2D eigenvalue weighted by atomic mass is 35.5. The molecular weight excluding hydrogens is 457 g/mol. The van der Waals surface area contributed by atoms with Gasteiger partial charge in [0.25, 0.3) is 5.92 Å². The van der Waals surface area contributed by atoms with E-state index in [1.165, 1.54) is 43.5 Å². The number of hydrogen-bond acceptors (Lipinski definition) is 4. The number of alkyl halides is 2. The standard InChI is InChI=1S/C20H20ClF3N2O4S/c1-30-15-5-2-13(17(22)10-15)12-26(18-11-20(23,24)8-9-25-19(18)27)31(28,29)16-6-3-14(21)4-7-16/h2-7,10,18H,8-9,11-12H2,1H3,(H,25,27)/t18-/m1/s1. The lowest BCUT2D eigenvalue weighted by Crippen LogP contribution is -2.49. The summed E-state index contributed by atoms with van der Waals surface area (Å²) in [5, 5.41) is 2.59. The number of carbonyl (C=O) groups is 1. The number of benzene rings is 2. The number of halogens is 4. The fourth-order valence-corrected chi connectivity index (χ4v) is 4.94. The monoisotopic (exact) mass is 476 g/mol. The fraction of sp³-hybridized carbons (Fsp3) is 0.350. The van der Waals surface area contributed by atoms with E-state index < -0.39 is 53.1 Å². The number of ether oxygens (including phenoxy) is 1. The Kier molecular flexibility index (Phi) is 6.82. The number of sulfonamides is 1. The zero-order valence-corrected chi connectivity index (χ0v) is 18.0. The highest BCUT2D eigenvalue weighted by Crippen LogP contribution is 2.33. The third-order valence-electron chi connectivity index (χ3n) is 4.94. The van der Waals surface area contributed by atoms with Gasteiger partial charge >= 0.3 is 0 Å². The Bertz CT molecular complexity index is 1060. The van der Waals surface area contributed by atoms with Crippen molar-refractivity contribution in [2.45, 2.75) is 36.2 Å². The Labute approximate surface area is 183 Å². The summed E-state index contributed by atoms with van der Waals surface area (Å²) < 4.78 is 75.4. The summed E-state index contributed by atoms with van der Waals surface area (Å²) in [6.07, 6.45) is -1.65. The van der Waals surface area contributed by atoms with Crippen LogP contribution in [0, 0.1) is 5.82 Å². The zero-order valence-electron chi connectivity index (χ0n) is 16.4. The summed E-state index contributed by atoms with van der Waals surface area (Å²) in [6, 6.07) is 7.04. The van der Waals surface area contributed by atoms with Crippen molar-refractivity contribution in [1.29, 1.82) is 0 Å². The molecule has 31 heavy (non-hydrogen) atoms. The Hall–Kier alpha value is -2.30. The number of amides is 1. The smallest absolute Gasteiger partial charge is 0.251 e. The van der Waals surface area contributed by atoms with Crippen LogP contribution in [0.4, 0.5) is 13.2 Å². The van der Waals surface area contributed by atoms with E-state index in [-0.39, 0.29) is 27.8 Å². The molecule has 0 aliphatic carbocycles. The van der Waals surface area contributed by atoms with E-state index in [0.717, 1.165) is 6.07 Å². The quantitative estimate of drug-likeness (QED) is 0.691. The summed E-state index contributed by atoms with van der Waals surface area (Å²) in [4.78, 5) is 12.3. The van der Waals surface area contributed by atoms with Crippen LogP contribution in [0.2, 0.25) is 5.02 Å². The van der Waals surface area contributed by atoms with Crippen molar-refractivity contribution in [3.63, 3.8) is 0 Å². The average Bonchev–Trinajstić information content (AvgIpc) is 2.84. The molecule has 1 amide bonds. The van der Waals surface area contributed by atoms with Crippen LogP contribution in [0.1, 0.15) is 18.4 Å². The van der Waals surface area contributed by atoms with E-state index in [1.54, 1.807) is 0 Å². The molecule has 1 aliphatic heterocycles.